The minimum Gasteiger partial charge on any atom is -0.497 e. The van der Waals surface area contributed by atoms with E-state index in [1.807, 2.05) is 12.1 Å². The highest BCUT2D eigenvalue weighted by Crippen LogP contribution is 2.35. The minimum atomic E-state index is 0.497. The first-order chi connectivity index (χ1) is 13.7. The van der Waals surface area contributed by atoms with Crippen molar-refractivity contribution in [1.29, 1.82) is 0 Å². The van der Waals surface area contributed by atoms with Gasteiger partial charge in [-0.1, -0.05) is 60.9 Å². The molecule has 1 aliphatic carbocycles. The van der Waals surface area contributed by atoms with Gasteiger partial charge in [0.1, 0.15) is 11.6 Å². The lowest BCUT2D eigenvalue weighted by molar-refractivity contribution is 0.414. The van der Waals surface area contributed by atoms with E-state index in [0.717, 1.165) is 28.2 Å². The van der Waals surface area contributed by atoms with Crippen molar-refractivity contribution in [2.45, 2.75) is 55.9 Å². The standard InChI is InChI=1S/C23H27N3OS/c1-17-7-6-8-18(15-17)16-28-23-25-24-22(19-9-4-3-5-10-19)26(23)20-11-13-21(27-2)14-12-20/h6-8,11-15,19H,3-5,9-10,16H2,1-2H3. The fraction of sp³-hybridized carbons (Fsp3) is 0.391. The number of aryl methyl sites for hydroxylation is 1. The van der Waals surface area contributed by atoms with Gasteiger partial charge in [0.25, 0.3) is 0 Å². The molecular weight excluding hydrogens is 366 g/mol. The molecule has 146 valence electrons. The van der Waals surface area contributed by atoms with Crippen LogP contribution in [-0.2, 0) is 5.75 Å². The van der Waals surface area contributed by atoms with Crippen LogP contribution in [0, 0.1) is 6.92 Å². The van der Waals surface area contributed by atoms with Crippen molar-refractivity contribution >= 4 is 11.8 Å². The molecule has 0 unspecified atom stereocenters. The lowest BCUT2D eigenvalue weighted by Gasteiger charge is -2.22. The van der Waals surface area contributed by atoms with Gasteiger partial charge in [-0.05, 0) is 49.6 Å². The average molecular weight is 394 g/mol. The van der Waals surface area contributed by atoms with Crippen LogP contribution in [0.1, 0.15) is 55.0 Å². The summed E-state index contributed by atoms with van der Waals surface area (Å²) in [5, 5.41) is 10.2. The smallest absolute Gasteiger partial charge is 0.196 e. The van der Waals surface area contributed by atoms with Crippen LogP contribution in [0.15, 0.2) is 53.7 Å². The second-order valence-electron chi connectivity index (χ2n) is 7.49. The molecule has 0 amide bonds. The summed E-state index contributed by atoms with van der Waals surface area (Å²) in [7, 11) is 1.70. The summed E-state index contributed by atoms with van der Waals surface area (Å²) in [4.78, 5) is 0. The fourth-order valence-corrected chi connectivity index (χ4v) is 4.83. The zero-order valence-corrected chi connectivity index (χ0v) is 17.4. The molecule has 5 heteroatoms. The van der Waals surface area contributed by atoms with Crippen LogP contribution in [-0.4, -0.2) is 21.9 Å². The van der Waals surface area contributed by atoms with Crippen molar-refractivity contribution in [2.75, 3.05) is 7.11 Å². The van der Waals surface area contributed by atoms with E-state index in [2.05, 4.69) is 58.1 Å². The van der Waals surface area contributed by atoms with Crippen molar-refractivity contribution in [2.24, 2.45) is 0 Å². The number of rotatable bonds is 6. The Hall–Kier alpha value is -2.27. The van der Waals surface area contributed by atoms with Gasteiger partial charge in [0.15, 0.2) is 5.16 Å². The summed E-state index contributed by atoms with van der Waals surface area (Å²) in [6, 6.07) is 16.9. The normalized spacial score (nSPS) is 14.9. The van der Waals surface area contributed by atoms with E-state index in [1.54, 1.807) is 18.9 Å². The highest BCUT2D eigenvalue weighted by atomic mass is 32.2. The molecule has 1 heterocycles. The van der Waals surface area contributed by atoms with Gasteiger partial charge in [-0.3, -0.25) is 4.57 Å². The third-order valence-corrected chi connectivity index (χ3v) is 6.41. The van der Waals surface area contributed by atoms with Crippen LogP contribution in [0.4, 0.5) is 0 Å². The average Bonchev–Trinajstić information content (AvgIpc) is 3.17. The van der Waals surface area contributed by atoms with Gasteiger partial charge in [-0.25, -0.2) is 0 Å². The molecule has 0 atom stereocenters. The summed E-state index contributed by atoms with van der Waals surface area (Å²) in [5.74, 6) is 3.36. The number of ether oxygens (including phenoxy) is 1. The van der Waals surface area contributed by atoms with Crippen LogP contribution in [0.5, 0.6) is 5.75 Å². The summed E-state index contributed by atoms with van der Waals surface area (Å²) in [5.41, 5.74) is 3.71. The molecule has 1 saturated carbocycles. The Morgan fingerprint density at radius 1 is 1.04 bits per heavy atom. The summed E-state index contributed by atoms with van der Waals surface area (Å²) in [6.45, 7) is 2.13. The van der Waals surface area contributed by atoms with E-state index in [9.17, 15) is 0 Å². The summed E-state index contributed by atoms with van der Waals surface area (Å²) in [6.07, 6.45) is 6.31. The van der Waals surface area contributed by atoms with E-state index in [1.165, 1.54) is 43.2 Å². The van der Waals surface area contributed by atoms with Crippen LogP contribution >= 0.6 is 11.8 Å². The molecule has 0 N–H and O–H groups in total. The molecule has 1 aliphatic rings. The second kappa shape index (κ2) is 8.82. The number of benzene rings is 2. The molecular formula is C23H27N3OS. The minimum absolute atomic E-state index is 0.497. The molecule has 1 fully saturated rings. The predicted octanol–water partition coefficient (Wildman–Crippen LogP) is 5.92. The maximum Gasteiger partial charge on any atom is 0.196 e. The van der Waals surface area contributed by atoms with E-state index >= 15 is 0 Å². The summed E-state index contributed by atoms with van der Waals surface area (Å²) >= 11 is 1.76. The van der Waals surface area contributed by atoms with Crippen molar-refractivity contribution < 1.29 is 4.74 Å². The first kappa shape index (κ1) is 19.1. The maximum absolute atomic E-state index is 5.33. The number of aromatic nitrogens is 3. The zero-order chi connectivity index (χ0) is 19.3. The number of nitrogens with zero attached hydrogens (tertiary/aromatic N) is 3. The van der Waals surface area contributed by atoms with Crippen LogP contribution < -0.4 is 4.74 Å². The van der Waals surface area contributed by atoms with Crippen LogP contribution in [0.2, 0.25) is 0 Å². The molecule has 28 heavy (non-hydrogen) atoms. The number of methoxy groups -OCH3 is 1. The quantitative estimate of drug-likeness (QED) is 0.487. The third-order valence-electron chi connectivity index (χ3n) is 5.41. The van der Waals surface area contributed by atoms with Crippen LogP contribution in [0.3, 0.4) is 0 Å². The molecule has 0 spiro atoms. The molecule has 0 saturated heterocycles. The first-order valence-electron chi connectivity index (χ1n) is 10.0. The van der Waals surface area contributed by atoms with Gasteiger partial charge in [-0.15, -0.1) is 10.2 Å². The van der Waals surface area contributed by atoms with Gasteiger partial charge in [-0.2, -0.15) is 0 Å². The molecule has 4 nitrogen and oxygen atoms in total. The Morgan fingerprint density at radius 3 is 2.54 bits per heavy atom. The Labute approximate surface area is 171 Å². The molecule has 2 aromatic carbocycles. The number of hydrogen-bond acceptors (Lipinski definition) is 4. The maximum atomic E-state index is 5.33. The first-order valence-corrected chi connectivity index (χ1v) is 11.0. The van der Waals surface area contributed by atoms with Crippen LogP contribution in [0.25, 0.3) is 5.69 Å². The van der Waals surface area contributed by atoms with E-state index in [0.29, 0.717) is 5.92 Å². The molecule has 3 aromatic rings. The van der Waals surface area contributed by atoms with Gasteiger partial charge >= 0.3 is 0 Å². The lowest BCUT2D eigenvalue weighted by atomic mass is 9.88. The number of thioether (sulfide) groups is 1. The SMILES string of the molecule is COc1ccc(-n2c(SCc3cccc(C)c3)nnc2C2CCCCC2)cc1. The van der Waals surface area contributed by atoms with E-state index < -0.39 is 0 Å². The lowest BCUT2D eigenvalue weighted by Crippen LogP contribution is -2.12. The highest BCUT2D eigenvalue weighted by molar-refractivity contribution is 7.98. The van der Waals surface area contributed by atoms with Crippen molar-refractivity contribution in [3.05, 3.63) is 65.5 Å². The fourth-order valence-electron chi connectivity index (χ4n) is 3.92. The number of hydrogen-bond donors (Lipinski definition) is 0. The second-order valence-corrected chi connectivity index (χ2v) is 8.43. The van der Waals surface area contributed by atoms with Crippen molar-refractivity contribution in [1.82, 2.24) is 14.8 Å². The van der Waals surface area contributed by atoms with E-state index in [-0.39, 0.29) is 0 Å². The molecule has 0 bridgehead atoms. The Balaban J connectivity index is 1.65. The molecule has 0 radical (unpaired) electrons. The Morgan fingerprint density at radius 2 is 1.82 bits per heavy atom. The van der Waals surface area contributed by atoms with Gasteiger partial charge < -0.3 is 4.74 Å². The molecule has 0 aliphatic heterocycles. The van der Waals surface area contributed by atoms with Crippen molar-refractivity contribution in [3.63, 3.8) is 0 Å². The van der Waals surface area contributed by atoms with Gasteiger partial charge in [0.2, 0.25) is 0 Å². The molecule has 1 aromatic heterocycles. The largest absolute Gasteiger partial charge is 0.497 e. The molecule has 4 rings (SSSR count). The summed E-state index contributed by atoms with van der Waals surface area (Å²) < 4.78 is 7.59. The zero-order valence-electron chi connectivity index (χ0n) is 16.6. The Bertz CT molecular complexity index is 914. The monoisotopic (exact) mass is 393 g/mol. The van der Waals surface area contributed by atoms with Gasteiger partial charge in [0, 0.05) is 17.4 Å². The van der Waals surface area contributed by atoms with Crippen molar-refractivity contribution in [3.8, 4) is 11.4 Å². The van der Waals surface area contributed by atoms with E-state index in [4.69, 9.17) is 4.74 Å². The predicted molar refractivity (Wildman–Crippen MR) is 114 cm³/mol. The Kier molecular flexibility index (Phi) is 6.01. The topological polar surface area (TPSA) is 39.9 Å². The third kappa shape index (κ3) is 4.25. The van der Waals surface area contributed by atoms with Gasteiger partial charge in [0.05, 0.1) is 7.11 Å². The highest BCUT2D eigenvalue weighted by Gasteiger charge is 2.24.